The van der Waals surface area contributed by atoms with Gasteiger partial charge in [-0.25, -0.2) is 0 Å². The zero-order valence-electron chi connectivity index (χ0n) is 18.4. The summed E-state index contributed by atoms with van der Waals surface area (Å²) in [4.78, 5) is 32.1. The molecule has 0 atom stereocenters. The van der Waals surface area contributed by atoms with Crippen LogP contribution >= 0.6 is 0 Å². The van der Waals surface area contributed by atoms with Crippen molar-refractivity contribution in [2.75, 3.05) is 6.61 Å². The minimum absolute atomic E-state index is 0.211. The van der Waals surface area contributed by atoms with Crippen LogP contribution in [-0.4, -0.2) is 34.7 Å². The van der Waals surface area contributed by atoms with Gasteiger partial charge in [-0.15, -0.1) is 0 Å². The Morgan fingerprint density at radius 3 is 1.57 bits per heavy atom. The molecule has 0 aliphatic heterocycles. The topological polar surface area (TPSA) is 101 Å². The third kappa shape index (κ3) is 16.6. The molecule has 0 unspecified atom stereocenters. The zero-order valence-corrected chi connectivity index (χ0v) is 18.4. The van der Waals surface area contributed by atoms with Crippen molar-refractivity contribution in [1.82, 2.24) is 0 Å². The number of carbonyl (C=O) groups excluding carboxylic acids is 1. The molecular weight excluding hydrogens is 360 g/mol. The van der Waals surface area contributed by atoms with E-state index >= 15 is 0 Å². The fourth-order valence-corrected chi connectivity index (χ4v) is 3.20. The standard InChI is InChI=1S/C18H34O4.C4H8O2/c1-3-5-13-18(17(21)22,14-6-4-2)15-11-9-7-8-10-12-16(19)20;1-3-6-4(2)5/h3-15H2,1-2H3,(H,19,20)(H,21,22);3H2,1-2H3. The Hall–Kier alpha value is -1.59. The van der Waals surface area contributed by atoms with Crippen molar-refractivity contribution in [1.29, 1.82) is 0 Å². The van der Waals surface area contributed by atoms with Crippen LogP contribution in [-0.2, 0) is 19.1 Å². The van der Waals surface area contributed by atoms with E-state index in [9.17, 15) is 19.5 Å². The molecular formula is C22H42O6. The van der Waals surface area contributed by atoms with E-state index < -0.39 is 17.4 Å². The van der Waals surface area contributed by atoms with Gasteiger partial charge in [0.25, 0.3) is 0 Å². The second kappa shape index (κ2) is 18.8. The number of carboxylic acid groups (broad SMARTS) is 2. The Kier molecular flexibility index (Phi) is 19.2. The van der Waals surface area contributed by atoms with E-state index in [1.54, 1.807) is 6.92 Å². The summed E-state index contributed by atoms with van der Waals surface area (Å²) in [7, 11) is 0. The number of unbranched alkanes of at least 4 members (excludes halogenated alkanes) is 6. The van der Waals surface area contributed by atoms with Crippen LogP contribution in [0.3, 0.4) is 0 Å². The number of carboxylic acids is 2. The molecule has 2 N–H and O–H groups in total. The first-order chi connectivity index (χ1) is 13.3. The summed E-state index contributed by atoms with van der Waals surface area (Å²) in [5.41, 5.74) is -0.535. The number of carbonyl (C=O) groups is 3. The van der Waals surface area contributed by atoms with Crippen LogP contribution in [0.15, 0.2) is 0 Å². The summed E-state index contributed by atoms with van der Waals surface area (Å²) in [6.45, 7) is 7.87. The predicted octanol–water partition coefficient (Wildman–Crippen LogP) is 5.82. The largest absolute Gasteiger partial charge is 0.481 e. The Bertz CT molecular complexity index is 411. The van der Waals surface area contributed by atoms with Gasteiger partial charge in [-0.05, 0) is 32.6 Å². The normalized spacial score (nSPS) is 10.7. The lowest BCUT2D eigenvalue weighted by molar-refractivity contribution is -0.151. The van der Waals surface area contributed by atoms with Crippen LogP contribution < -0.4 is 0 Å². The average Bonchev–Trinajstić information content (AvgIpc) is 2.62. The summed E-state index contributed by atoms with van der Waals surface area (Å²) in [6.07, 6.45) is 11.2. The molecule has 0 saturated carbocycles. The third-order valence-corrected chi connectivity index (χ3v) is 4.87. The highest BCUT2D eigenvalue weighted by molar-refractivity contribution is 5.74. The minimum atomic E-state index is -0.732. The lowest BCUT2D eigenvalue weighted by atomic mass is 9.74. The van der Waals surface area contributed by atoms with E-state index in [2.05, 4.69) is 18.6 Å². The molecule has 0 aromatic carbocycles. The van der Waals surface area contributed by atoms with Crippen molar-refractivity contribution in [3.63, 3.8) is 0 Å². The third-order valence-electron chi connectivity index (χ3n) is 4.87. The summed E-state index contributed by atoms with van der Waals surface area (Å²) < 4.78 is 4.40. The number of ether oxygens (including phenoxy) is 1. The molecule has 0 aromatic rings. The predicted molar refractivity (Wildman–Crippen MR) is 111 cm³/mol. The maximum absolute atomic E-state index is 11.8. The zero-order chi connectivity index (χ0) is 21.8. The fraction of sp³-hybridized carbons (Fsp3) is 0.864. The maximum Gasteiger partial charge on any atom is 0.309 e. The van der Waals surface area contributed by atoms with Gasteiger partial charge in [-0.1, -0.05) is 65.2 Å². The van der Waals surface area contributed by atoms with Gasteiger partial charge in [-0.2, -0.15) is 0 Å². The van der Waals surface area contributed by atoms with E-state index in [0.29, 0.717) is 6.61 Å². The van der Waals surface area contributed by atoms with E-state index in [1.165, 1.54) is 6.92 Å². The second-order valence-electron chi connectivity index (χ2n) is 7.38. The van der Waals surface area contributed by atoms with Gasteiger partial charge >= 0.3 is 17.9 Å². The minimum Gasteiger partial charge on any atom is -0.481 e. The molecule has 0 heterocycles. The van der Waals surface area contributed by atoms with E-state index in [1.807, 2.05) is 0 Å². The smallest absolute Gasteiger partial charge is 0.309 e. The van der Waals surface area contributed by atoms with Crippen LogP contribution in [0.25, 0.3) is 0 Å². The van der Waals surface area contributed by atoms with Crippen LogP contribution in [0.4, 0.5) is 0 Å². The van der Waals surface area contributed by atoms with Crippen LogP contribution in [0.1, 0.15) is 111 Å². The second-order valence-corrected chi connectivity index (χ2v) is 7.38. The van der Waals surface area contributed by atoms with Gasteiger partial charge in [0.05, 0.1) is 12.0 Å². The molecule has 0 fully saturated rings. The van der Waals surface area contributed by atoms with Crippen molar-refractivity contribution in [3.05, 3.63) is 0 Å². The number of aliphatic carboxylic acids is 2. The first-order valence-corrected chi connectivity index (χ1v) is 10.8. The molecule has 6 nitrogen and oxygen atoms in total. The van der Waals surface area contributed by atoms with Crippen molar-refractivity contribution < 1.29 is 29.3 Å². The first kappa shape index (κ1) is 28.6. The van der Waals surface area contributed by atoms with E-state index in [0.717, 1.165) is 77.0 Å². The Morgan fingerprint density at radius 2 is 1.21 bits per heavy atom. The monoisotopic (exact) mass is 402 g/mol. The van der Waals surface area contributed by atoms with Gasteiger partial charge in [0.1, 0.15) is 0 Å². The van der Waals surface area contributed by atoms with Gasteiger partial charge in [-0.3, -0.25) is 14.4 Å². The van der Waals surface area contributed by atoms with Gasteiger partial charge in [0.2, 0.25) is 0 Å². The molecule has 28 heavy (non-hydrogen) atoms. The van der Waals surface area contributed by atoms with Gasteiger partial charge in [0.15, 0.2) is 0 Å². The molecule has 0 rings (SSSR count). The van der Waals surface area contributed by atoms with E-state index in [4.69, 9.17) is 5.11 Å². The molecule has 0 aromatic heterocycles. The number of esters is 1. The first-order valence-electron chi connectivity index (χ1n) is 10.8. The quantitative estimate of drug-likeness (QED) is 0.249. The Labute approximate surface area is 171 Å². The van der Waals surface area contributed by atoms with E-state index in [-0.39, 0.29) is 12.4 Å². The van der Waals surface area contributed by atoms with Crippen molar-refractivity contribution in [2.45, 2.75) is 111 Å². The van der Waals surface area contributed by atoms with Crippen LogP contribution in [0, 0.1) is 5.41 Å². The highest BCUT2D eigenvalue weighted by atomic mass is 16.5. The molecule has 0 saturated heterocycles. The Balaban J connectivity index is 0. The van der Waals surface area contributed by atoms with Gasteiger partial charge in [0, 0.05) is 13.3 Å². The lowest BCUT2D eigenvalue weighted by Crippen LogP contribution is -2.31. The summed E-state index contributed by atoms with van der Waals surface area (Å²) >= 11 is 0. The Morgan fingerprint density at radius 1 is 0.750 bits per heavy atom. The lowest BCUT2D eigenvalue weighted by Gasteiger charge is -2.29. The molecule has 0 spiro atoms. The van der Waals surface area contributed by atoms with Crippen molar-refractivity contribution in [2.24, 2.45) is 5.41 Å². The number of hydrogen-bond acceptors (Lipinski definition) is 4. The highest BCUT2D eigenvalue weighted by Crippen LogP contribution is 2.37. The molecule has 0 bridgehead atoms. The summed E-state index contributed by atoms with van der Waals surface area (Å²) in [5, 5.41) is 18.3. The SMILES string of the molecule is CCCCC(CCCC)(CCCCCCCC(=O)O)C(=O)O.CCOC(C)=O. The number of hydrogen-bond donors (Lipinski definition) is 2. The molecule has 0 aliphatic rings. The molecule has 0 radical (unpaired) electrons. The molecule has 0 aliphatic carbocycles. The summed E-state index contributed by atoms with van der Waals surface area (Å²) in [5.74, 6) is -1.57. The maximum atomic E-state index is 11.8. The molecule has 0 amide bonds. The highest BCUT2D eigenvalue weighted by Gasteiger charge is 2.36. The summed E-state index contributed by atoms with van der Waals surface area (Å²) in [6, 6.07) is 0. The van der Waals surface area contributed by atoms with Crippen molar-refractivity contribution >= 4 is 17.9 Å². The van der Waals surface area contributed by atoms with Gasteiger partial charge < -0.3 is 14.9 Å². The van der Waals surface area contributed by atoms with Crippen LogP contribution in [0.5, 0.6) is 0 Å². The fourth-order valence-electron chi connectivity index (χ4n) is 3.20. The number of rotatable bonds is 16. The average molecular weight is 403 g/mol. The molecule has 166 valence electrons. The van der Waals surface area contributed by atoms with Crippen molar-refractivity contribution in [3.8, 4) is 0 Å². The molecule has 6 heteroatoms. The van der Waals surface area contributed by atoms with Crippen LogP contribution in [0.2, 0.25) is 0 Å².